The molecular formula is C21H30N2O2. The van der Waals surface area contributed by atoms with Crippen LogP contribution < -0.4 is 5.32 Å². The normalized spacial score (nSPS) is 24.4. The molecule has 25 heavy (non-hydrogen) atoms. The summed E-state index contributed by atoms with van der Waals surface area (Å²) in [4.78, 5) is 26.4. The predicted molar refractivity (Wildman–Crippen MR) is 100 cm³/mol. The molecule has 2 saturated carbocycles. The number of anilines is 1. The first-order valence-electron chi connectivity index (χ1n) is 9.45. The number of hydrogen-bond donors (Lipinski definition) is 1. The summed E-state index contributed by atoms with van der Waals surface area (Å²) in [5, 5.41) is 2.98. The Labute approximate surface area is 151 Å². The van der Waals surface area contributed by atoms with Crippen molar-refractivity contribution in [1.29, 1.82) is 0 Å². The van der Waals surface area contributed by atoms with Crippen LogP contribution in [0, 0.1) is 38.5 Å². The van der Waals surface area contributed by atoms with Gasteiger partial charge < -0.3 is 10.2 Å². The van der Waals surface area contributed by atoms with Gasteiger partial charge in [0.1, 0.15) is 0 Å². The lowest BCUT2D eigenvalue weighted by Gasteiger charge is -2.24. The van der Waals surface area contributed by atoms with Crippen LogP contribution in [0.4, 0.5) is 5.69 Å². The topological polar surface area (TPSA) is 49.4 Å². The Bertz CT molecular complexity index is 659. The van der Waals surface area contributed by atoms with Gasteiger partial charge in [0, 0.05) is 19.2 Å². The first-order chi connectivity index (χ1) is 11.8. The van der Waals surface area contributed by atoms with Gasteiger partial charge in [0.25, 0.3) is 0 Å². The molecule has 0 unspecified atom stereocenters. The van der Waals surface area contributed by atoms with Crippen molar-refractivity contribution >= 4 is 17.5 Å². The molecule has 3 rings (SSSR count). The summed E-state index contributed by atoms with van der Waals surface area (Å²) in [6, 6.07) is 4.12. The van der Waals surface area contributed by atoms with Crippen molar-refractivity contribution < 1.29 is 9.59 Å². The quantitative estimate of drug-likeness (QED) is 0.884. The standard InChI is InChI=1S/C21H30N2O2/c1-13-7-14(2)21(15(3)8-13)22-19(24)12-23(4)20(25)11-18-10-16-5-6-17(18)9-16/h7-8,16-18H,5-6,9-12H2,1-4H3,(H,22,24)/t16-,17+,18+/m0/s1. The van der Waals surface area contributed by atoms with Crippen molar-refractivity contribution in [3.63, 3.8) is 0 Å². The fourth-order valence-electron chi connectivity index (χ4n) is 4.87. The summed E-state index contributed by atoms with van der Waals surface area (Å²) >= 11 is 0. The van der Waals surface area contributed by atoms with Crippen molar-refractivity contribution in [3.8, 4) is 0 Å². The van der Waals surface area contributed by atoms with E-state index in [2.05, 4.69) is 17.4 Å². The second kappa shape index (κ2) is 7.19. The highest BCUT2D eigenvalue weighted by molar-refractivity contribution is 5.95. The zero-order valence-corrected chi connectivity index (χ0v) is 15.9. The van der Waals surface area contributed by atoms with Gasteiger partial charge in [0.2, 0.25) is 11.8 Å². The molecule has 0 heterocycles. The summed E-state index contributed by atoms with van der Waals surface area (Å²) in [7, 11) is 1.74. The number of hydrogen-bond acceptors (Lipinski definition) is 2. The first-order valence-corrected chi connectivity index (χ1v) is 9.45. The zero-order chi connectivity index (χ0) is 18.1. The second-order valence-electron chi connectivity index (χ2n) is 8.21. The van der Waals surface area contributed by atoms with Crippen LogP contribution in [-0.4, -0.2) is 30.3 Å². The third kappa shape index (κ3) is 4.05. The van der Waals surface area contributed by atoms with Crippen LogP contribution in [0.5, 0.6) is 0 Å². The number of nitrogens with zero attached hydrogens (tertiary/aromatic N) is 1. The molecule has 4 nitrogen and oxygen atoms in total. The van der Waals surface area contributed by atoms with E-state index in [0.717, 1.165) is 28.7 Å². The number of amides is 2. The van der Waals surface area contributed by atoms with E-state index in [4.69, 9.17) is 0 Å². The number of carbonyl (C=O) groups excluding carboxylic acids is 2. The monoisotopic (exact) mass is 342 g/mol. The minimum atomic E-state index is -0.126. The van der Waals surface area contributed by atoms with Crippen molar-refractivity contribution in [1.82, 2.24) is 4.90 Å². The average molecular weight is 342 g/mol. The van der Waals surface area contributed by atoms with E-state index in [1.165, 1.54) is 31.2 Å². The van der Waals surface area contributed by atoms with Gasteiger partial charge in [-0.25, -0.2) is 0 Å². The van der Waals surface area contributed by atoms with Crippen LogP contribution in [0.25, 0.3) is 0 Å². The number of nitrogens with one attached hydrogen (secondary N) is 1. The second-order valence-corrected chi connectivity index (χ2v) is 8.21. The molecule has 0 radical (unpaired) electrons. The van der Waals surface area contributed by atoms with E-state index < -0.39 is 0 Å². The smallest absolute Gasteiger partial charge is 0.243 e. The molecular weight excluding hydrogens is 312 g/mol. The molecule has 2 bridgehead atoms. The van der Waals surface area contributed by atoms with Crippen molar-refractivity contribution in [2.45, 2.75) is 52.9 Å². The predicted octanol–water partition coefficient (Wildman–Crippen LogP) is 3.84. The maximum Gasteiger partial charge on any atom is 0.243 e. The molecule has 4 heteroatoms. The lowest BCUT2D eigenvalue weighted by atomic mass is 9.86. The van der Waals surface area contributed by atoms with Crippen LogP contribution in [0.15, 0.2) is 12.1 Å². The highest BCUT2D eigenvalue weighted by Gasteiger charge is 2.40. The maximum absolute atomic E-state index is 12.5. The molecule has 0 aromatic heterocycles. The highest BCUT2D eigenvalue weighted by Crippen LogP contribution is 2.49. The molecule has 136 valence electrons. The van der Waals surface area contributed by atoms with Crippen LogP contribution >= 0.6 is 0 Å². The summed E-state index contributed by atoms with van der Waals surface area (Å²) in [5.41, 5.74) is 4.17. The van der Waals surface area contributed by atoms with E-state index in [1.807, 2.05) is 20.8 Å². The van der Waals surface area contributed by atoms with Gasteiger partial charge in [-0.05, 0) is 68.9 Å². The van der Waals surface area contributed by atoms with Crippen molar-refractivity contribution in [2.75, 3.05) is 18.9 Å². The largest absolute Gasteiger partial charge is 0.336 e. The molecule has 2 fully saturated rings. The number of aryl methyl sites for hydroxylation is 3. The Balaban J connectivity index is 1.53. The van der Waals surface area contributed by atoms with E-state index in [-0.39, 0.29) is 18.4 Å². The summed E-state index contributed by atoms with van der Waals surface area (Å²) in [6.07, 6.45) is 5.77. The van der Waals surface area contributed by atoms with E-state index in [0.29, 0.717) is 12.3 Å². The number of rotatable bonds is 5. The fraction of sp³-hybridized carbons (Fsp3) is 0.619. The highest BCUT2D eigenvalue weighted by atomic mass is 16.2. The molecule has 0 spiro atoms. The lowest BCUT2D eigenvalue weighted by molar-refractivity contribution is -0.134. The average Bonchev–Trinajstić information content (AvgIpc) is 3.13. The molecule has 2 aliphatic rings. The number of fused-ring (bicyclic) bond motifs is 2. The zero-order valence-electron chi connectivity index (χ0n) is 15.9. The Hall–Kier alpha value is -1.84. The number of carbonyl (C=O) groups is 2. The molecule has 3 atom stereocenters. The molecule has 2 aliphatic carbocycles. The van der Waals surface area contributed by atoms with Gasteiger partial charge in [-0.3, -0.25) is 9.59 Å². The Morgan fingerprint density at radius 3 is 2.36 bits per heavy atom. The number of likely N-dealkylation sites (N-methyl/N-ethyl adjacent to an activating group) is 1. The maximum atomic E-state index is 12.5. The van der Waals surface area contributed by atoms with Gasteiger partial charge in [-0.15, -0.1) is 0 Å². The minimum absolute atomic E-state index is 0.102. The SMILES string of the molecule is Cc1cc(C)c(NC(=O)CN(C)C(=O)C[C@H]2C[C@H]3CC[C@@H]2C3)c(C)c1. The molecule has 1 aromatic rings. The third-order valence-electron chi connectivity index (χ3n) is 6.07. The van der Waals surface area contributed by atoms with Crippen LogP contribution in [-0.2, 0) is 9.59 Å². The van der Waals surface area contributed by atoms with Gasteiger partial charge in [0.15, 0.2) is 0 Å². The lowest BCUT2D eigenvalue weighted by Crippen LogP contribution is -2.36. The van der Waals surface area contributed by atoms with Crippen LogP contribution in [0.1, 0.15) is 48.8 Å². The minimum Gasteiger partial charge on any atom is -0.336 e. The van der Waals surface area contributed by atoms with E-state index in [1.54, 1.807) is 11.9 Å². The number of benzene rings is 1. The van der Waals surface area contributed by atoms with Crippen molar-refractivity contribution in [3.05, 3.63) is 28.8 Å². The van der Waals surface area contributed by atoms with Crippen molar-refractivity contribution in [2.24, 2.45) is 17.8 Å². The Morgan fingerprint density at radius 1 is 1.12 bits per heavy atom. The van der Waals surface area contributed by atoms with Crippen LogP contribution in [0.3, 0.4) is 0 Å². The summed E-state index contributed by atoms with van der Waals surface area (Å²) < 4.78 is 0. The molecule has 2 amide bonds. The van der Waals surface area contributed by atoms with Crippen LogP contribution in [0.2, 0.25) is 0 Å². The van der Waals surface area contributed by atoms with Gasteiger partial charge in [-0.2, -0.15) is 0 Å². The van der Waals surface area contributed by atoms with E-state index in [9.17, 15) is 9.59 Å². The molecule has 0 aliphatic heterocycles. The molecule has 1 N–H and O–H groups in total. The van der Waals surface area contributed by atoms with Gasteiger partial charge >= 0.3 is 0 Å². The third-order valence-corrected chi connectivity index (χ3v) is 6.07. The summed E-state index contributed by atoms with van der Waals surface area (Å²) in [6.45, 7) is 6.17. The van der Waals surface area contributed by atoms with Gasteiger partial charge in [-0.1, -0.05) is 24.1 Å². The summed E-state index contributed by atoms with van der Waals surface area (Å²) in [5.74, 6) is 2.11. The van der Waals surface area contributed by atoms with E-state index >= 15 is 0 Å². The molecule has 1 aromatic carbocycles. The molecule has 0 saturated heterocycles. The Kier molecular flexibility index (Phi) is 5.16. The Morgan fingerprint density at radius 2 is 1.80 bits per heavy atom. The fourth-order valence-corrected chi connectivity index (χ4v) is 4.87. The van der Waals surface area contributed by atoms with Gasteiger partial charge in [0.05, 0.1) is 6.54 Å². The first kappa shape index (κ1) is 18.0.